The van der Waals surface area contributed by atoms with Gasteiger partial charge in [0.15, 0.2) is 0 Å². The van der Waals surface area contributed by atoms with Gasteiger partial charge in [-0.1, -0.05) is 24.3 Å². The molecule has 5 nitrogen and oxygen atoms in total. The van der Waals surface area contributed by atoms with E-state index in [9.17, 15) is 14.7 Å². The Morgan fingerprint density at radius 3 is 2.60 bits per heavy atom. The van der Waals surface area contributed by atoms with Crippen molar-refractivity contribution in [3.63, 3.8) is 0 Å². The van der Waals surface area contributed by atoms with Gasteiger partial charge in [-0.2, -0.15) is 0 Å². The molecular formula is C20H25NO4. The fourth-order valence-corrected chi connectivity index (χ4v) is 4.82. The molecule has 2 unspecified atom stereocenters. The molecule has 2 saturated heterocycles. The maximum Gasteiger partial charge on any atom is 0.309 e. The minimum Gasteiger partial charge on any atom is -0.481 e. The first-order chi connectivity index (χ1) is 12.1. The molecule has 0 radical (unpaired) electrons. The molecule has 4 rings (SSSR count). The molecule has 1 aliphatic carbocycles. The summed E-state index contributed by atoms with van der Waals surface area (Å²) in [5.74, 6) is -0.631. The number of benzene rings is 1. The van der Waals surface area contributed by atoms with E-state index in [0.717, 1.165) is 25.7 Å². The molecule has 25 heavy (non-hydrogen) atoms. The first-order valence-corrected chi connectivity index (χ1v) is 9.36. The Kier molecular flexibility index (Phi) is 4.50. The van der Waals surface area contributed by atoms with Crippen LogP contribution in [0.3, 0.4) is 0 Å². The van der Waals surface area contributed by atoms with Crippen molar-refractivity contribution in [2.75, 3.05) is 19.7 Å². The summed E-state index contributed by atoms with van der Waals surface area (Å²) in [7, 11) is 0. The lowest BCUT2D eigenvalue weighted by Crippen LogP contribution is -2.44. The number of piperidine rings is 1. The molecule has 1 aromatic rings. The number of aliphatic carboxylic acids is 1. The van der Waals surface area contributed by atoms with E-state index in [2.05, 4.69) is 12.1 Å². The molecule has 5 heteroatoms. The number of aryl methyl sites for hydroxylation is 1. The van der Waals surface area contributed by atoms with Gasteiger partial charge in [0, 0.05) is 19.7 Å². The van der Waals surface area contributed by atoms with Gasteiger partial charge in [-0.3, -0.25) is 9.59 Å². The lowest BCUT2D eigenvalue weighted by molar-refractivity contribution is -0.146. The number of hydrogen-bond acceptors (Lipinski definition) is 3. The topological polar surface area (TPSA) is 66.8 Å². The second-order valence-corrected chi connectivity index (χ2v) is 7.52. The standard InChI is InChI=1S/C20H25NO4/c22-19(16-6-5-13-3-1-2-4-15(13)16)21-10-7-14(8-11-21)18-17(20(23)24)9-12-25-18/h1-4,14,16-18H,5-12H2,(H,23,24)/t16?,17?,18-/m0/s1. The van der Waals surface area contributed by atoms with Crippen LogP contribution in [0.15, 0.2) is 24.3 Å². The number of carboxylic acids is 1. The number of fused-ring (bicyclic) bond motifs is 1. The molecule has 134 valence electrons. The Hall–Kier alpha value is -1.88. The highest BCUT2D eigenvalue weighted by Gasteiger charge is 2.41. The van der Waals surface area contributed by atoms with E-state index >= 15 is 0 Å². The number of carbonyl (C=O) groups excluding carboxylic acids is 1. The third-order valence-corrected chi connectivity index (χ3v) is 6.20. The molecule has 2 fully saturated rings. The molecule has 3 atom stereocenters. The van der Waals surface area contributed by atoms with Gasteiger partial charge < -0.3 is 14.7 Å². The van der Waals surface area contributed by atoms with Crippen LogP contribution in [0, 0.1) is 11.8 Å². The van der Waals surface area contributed by atoms with E-state index in [1.807, 2.05) is 17.0 Å². The predicted octanol–water partition coefficient (Wildman–Crippen LogP) is 2.44. The molecule has 2 aliphatic heterocycles. The summed E-state index contributed by atoms with van der Waals surface area (Å²) in [6.45, 7) is 1.97. The number of amides is 1. The van der Waals surface area contributed by atoms with E-state index in [4.69, 9.17) is 4.74 Å². The molecular weight excluding hydrogens is 318 g/mol. The van der Waals surface area contributed by atoms with Crippen molar-refractivity contribution in [2.45, 2.75) is 44.1 Å². The zero-order valence-electron chi connectivity index (χ0n) is 14.4. The van der Waals surface area contributed by atoms with Crippen LogP contribution in [0.4, 0.5) is 0 Å². The van der Waals surface area contributed by atoms with Crippen molar-refractivity contribution in [1.82, 2.24) is 4.90 Å². The summed E-state index contributed by atoms with van der Waals surface area (Å²) in [5, 5.41) is 9.35. The third-order valence-electron chi connectivity index (χ3n) is 6.20. The van der Waals surface area contributed by atoms with Crippen LogP contribution in [0.1, 0.15) is 42.7 Å². The minimum atomic E-state index is -0.747. The first-order valence-electron chi connectivity index (χ1n) is 9.36. The Balaban J connectivity index is 1.38. The van der Waals surface area contributed by atoms with Gasteiger partial charge in [0.1, 0.15) is 0 Å². The summed E-state index contributed by atoms with van der Waals surface area (Å²) in [5.41, 5.74) is 2.50. The van der Waals surface area contributed by atoms with Crippen LogP contribution in [0.2, 0.25) is 0 Å². The van der Waals surface area contributed by atoms with Gasteiger partial charge in [0.05, 0.1) is 17.9 Å². The lowest BCUT2D eigenvalue weighted by atomic mass is 9.84. The monoisotopic (exact) mass is 343 g/mol. The fraction of sp³-hybridized carbons (Fsp3) is 0.600. The van der Waals surface area contributed by atoms with Crippen LogP contribution in [0.5, 0.6) is 0 Å². The van der Waals surface area contributed by atoms with Gasteiger partial charge in [-0.15, -0.1) is 0 Å². The number of rotatable bonds is 3. The summed E-state index contributed by atoms with van der Waals surface area (Å²) in [4.78, 5) is 26.3. The highest BCUT2D eigenvalue weighted by atomic mass is 16.5. The quantitative estimate of drug-likeness (QED) is 0.915. The van der Waals surface area contributed by atoms with Crippen molar-refractivity contribution < 1.29 is 19.4 Å². The third kappa shape index (κ3) is 3.06. The minimum absolute atomic E-state index is 0.00208. The van der Waals surface area contributed by atoms with Gasteiger partial charge in [-0.25, -0.2) is 0 Å². The van der Waals surface area contributed by atoms with Crippen LogP contribution in [0.25, 0.3) is 0 Å². The molecule has 0 spiro atoms. The van der Waals surface area contributed by atoms with E-state index in [1.165, 1.54) is 11.1 Å². The molecule has 2 heterocycles. The summed E-state index contributed by atoms with van der Waals surface area (Å²) in [6.07, 6.45) is 4.01. The molecule has 0 aromatic heterocycles. The van der Waals surface area contributed by atoms with Crippen molar-refractivity contribution in [2.24, 2.45) is 11.8 Å². The largest absolute Gasteiger partial charge is 0.481 e. The zero-order chi connectivity index (χ0) is 17.4. The van der Waals surface area contributed by atoms with E-state index in [1.54, 1.807) is 0 Å². The Morgan fingerprint density at radius 1 is 1.08 bits per heavy atom. The SMILES string of the molecule is O=C(O)C1CCO[C@H]1C1CCN(C(=O)C2CCc3ccccc32)CC1. The highest BCUT2D eigenvalue weighted by molar-refractivity contribution is 5.85. The maximum absolute atomic E-state index is 13.0. The van der Waals surface area contributed by atoms with Gasteiger partial charge in [-0.05, 0) is 49.1 Å². The number of ether oxygens (including phenoxy) is 1. The average molecular weight is 343 g/mol. The van der Waals surface area contributed by atoms with Crippen LogP contribution in [-0.2, 0) is 20.7 Å². The van der Waals surface area contributed by atoms with Crippen molar-refractivity contribution in [3.8, 4) is 0 Å². The number of carboxylic acid groups (broad SMARTS) is 1. The Morgan fingerprint density at radius 2 is 1.84 bits per heavy atom. The zero-order valence-corrected chi connectivity index (χ0v) is 14.4. The first kappa shape index (κ1) is 16.6. The van der Waals surface area contributed by atoms with Crippen molar-refractivity contribution >= 4 is 11.9 Å². The molecule has 1 amide bonds. The second kappa shape index (κ2) is 6.79. The highest BCUT2D eigenvalue weighted by Crippen LogP contribution is 2.37. The summed E-state index contributed by atoms with van der Waals surface area (Å²) in [6, 6.07) is 8.26. The Labute approximate surface area is 148 Å². The number of likely N-dealkylation sites (tertiary alicyclic amines) is 1. The number of nitrogens with zero attached hydrogens (tertiary/aromatic N) is 1. The van der Waals surface area contributed by atoms with Crippen molar-refractivity contribution in [3.05, 3.63) is 35.4 Å². The van der Waals surface area contributed by atoms with Crippen molar-refractivity contribution in [1.29, 1.82) is 0 Å². The normalized spacial score (nSPS) is 29.6. The summed E-state index contributed by atoms with van der Waals surface area (Å²) < 4.78 is 5.72. The second-order valence-electron chi connectivity index (χ2n) is 7.52. The van der Waals surface area contributed by atoms with Gasteiger partial charge >= 0.3 is 5.97 Å². The summed E-state index contributed by atoms with van der Waals surface area (Å²) >= 11 is 0. The molecule has 3 aliphatic rings. The predicted molar refractivity (Wildman–Crippen MR) is 92.3 cm³/mol. The average Bonchev–Trinajstić information content (AvgIpc) is 3.28. The molecule has 0 bridgehead atoms. The number of hydrogen-bond donors (Lipinski definition) is 1. The molecule has 1 aromatic carbocycles. The number of carbonyl (C=O) groups is 2. The van der Waals surface area contributed by atoms with Gasteiger partial charge in [0.2, 0.25) is 5.91 Å². The van der Waals surface area contributed by atoms with Crippen LogP contribution >= 0.6 is 0 Å². The Bertz CT molecular complexity index is 665. The molecule has 0 saturated carbocycles. The van der Waals surface area contributed by atoms with Crippen LogP contribution in [-0.4, -0.2) is 47.7 Å². The smallest absolute Gasteiger partial charge is 0.309 e. The lowest BCUT2D eigenvalue weighted by Gasteiger charge is -2.36. The van der Waals surface area contributed by atoms with Gasteiger partial charge in [0.25, 0.3) is 0 Å². The maximum atomic E-state index is 13.0. The van der Waals surface area contributed by atoms with E-state index < -0.39 is 5.97 Å². The van der Waals surface area contributed by atoms with E-state index in [-0.39, 0.29) is 29.8 Å². The van der Waals surface area contributed by atoms with Crippen LogP contribution < -0.4 is 0 Å². The fourth-order valence-electron chi connectivity index (χ4n) is 4.82. The van der Waals surface area contributed by atoms with E-state index in [0.29, 0.717) is 26.1 Å². The molecule has 1 N–H and O–H groups in total.